The maximum absolute atomic E-state index is 13.3. The summed E-state index contributed by atoms with van der Waals surface area (Å²) in [5.74, 6) is 1.39. The van der Waals surface area contributed by atoms with E-state index >= 15 is 0 Å². The molecule has 10 rings (SSSR count). The van der Waals surface area contributed by atoms with E-state index in [1.807, 2.05) is 0 Å². The van der Waals surface area contributed by atoms with Crippen LogP contribution >= 0.6 is 0 Å². The van der Waals surface area contributed by atoms with E-state index in [2.05, 4.69) is 52.1 Å². The minimum Gasteiger partial charge on any atom is -0.379 e. The number of fused-ring (bicyclic) bond motifs is 2. The molecule has 0 spiro atoms. The molecule has 2 amide bonds. The van der Waals surface area contributed by atoms with Crippen LogP contribution in [0.25, 0.3) is 11.3 Å². The number of rotatable bonds is 14. The number of pyridine rings is 2. The normalized spacial score (nSPS) is 24.1. The first-order valence-electron chi connectivity index (χ1n) is 22.0. The lowest BCUT2D eigenvalue weighted by atomic mass is 9.89. The SMILES string of the molecule is CNc1cc(Nc2cccn(C3CC(F)C3)c2=O)nc2c(C(=O)N[C@@H]3CC[C@H]3OC)cnn12.CNc1cc(Nc2cccn(C3CC(F)C3)c2=O)nc2c(C(=O)N[C@H]3CC[C@@H]3OC)cnn12. The molecule has 6 heterocycles. The van der Waals surface area contributed by atoms with E-state index in [1.54, 1.807) is 86.2 Å². The van der Waals surface area contributed by atoms with Crippen molar-refractivity contribution in [2.75, 3.05) is 49.6 Å². The van der Waals surface area contributed by atoms with Gasteiger partial charge in [-0.2, -0.15) is 19.2 Å². The lowest BCUT2D eigenvalue weighted by molar-refractivity contribution is 0.00731. The fourth-order valence-electron chi connectivity index (χ4n) is 8.61. The highest BCUT2D eigenvalue weighted by molar-refractivity contribution is 6.01. The highest BCUT2D eigenvalue weighted by Crippen LogP contribution is 2.35. The molecule has 4 saturated carbocycles. The smallest absolute Gasteiger partial charge is 0.274 e. The Kier molecular flexibility index (Phi) is 12.4. The van der Waals surface area contributed by atoms with Gasteiger partial charge in [0.1, 0.15) is 58.1 Å². The van der Waals surface area contributed by atoms with Crippen molar-refractivity contribution in [3.8, 4) is 0 Å². The molecule has 0 unspecified atom stereocenters. The molecular formula is C44H52F2N14O6. The lowest BCUT2D eigenvalue weighted by Crippen LogP contribution is -2.51. The van der Waals surface area contributed by atoms with Gasteiger partial charge in [-0.05, 0) is 75.6 Å². The second-order valence-corrected chi connectivity index (χ2v) is 17.0. The first kappa shape index (κ1) is 44.3. The van der Waals surface area contributed by atoms with Crippen LogP contribution in [0.3, 0.4) is 0 Å². The van der Waals surface area contributed by atoms with E-state index in [4.69, 9.17) is 9.47 Å². The number of hydrogen-bond acceptors (Lipinski definition) is 14. The van der Waals surface area contributed by atoms with Crippen molar-refractivity contribution in [3.63, 3.8) is 0 Å². The molecule has 0 bridgehead atoms. The molecule has 20 nitrogen and oxygen atoms in total. The zero-order valence-corrected chi connectivity index (χ0v) is 36.8. The Bertz CT molecular complexity index is 2690. The average molecular weight is 911 g/mol. The molecule has 4 atom stereocenters. The number of nitrogens with zero attached hydrogens (tertiary/aromatic N) is 8. The summed E-state index contributed by atoms with van der Waals surface area (Å²) in [6, 6.07) is 9.85. The lowest BCUT2D eigenvalue weighted by Gasteiger charge is -2.35. The molecule has 0 aromatic carbocycles. The van der Waals surface area contributed by atoms with Gasteiger partial charge >= 0.3 is 0 Å². The number of hydrogen-bond donors (Lipinski definition) is 6. The zero-order chi connectivity index (χ0) is 46.2. The number of aromatic nitrogens is 8. The summed E-state index contributed by atoms with van der Waals surface area (Å²) in [6.45, 7) is 0. The number of amides is 2. The fraction of sp³-hybridized carbons (Fsp3) is 0.455. The van der Waals surface area contributed by atoms with Crippen LogP contribution in [0.4, 0.5) is 43.4 Å². The molecule has 6 aromatic rings. The van der Waals surface area contributed by atoms with E-state index in [-0.39, 0.29) is 59.3 Å². The van der Waals surface area contributed by atoms with Gasteiger partial charge in [0.25, 0.3) is 22.9 Å². The minimum atomic E-state index is -0.855. The largest absolute Gasteiger partial charge is 0.379 e. The molecular weight excluding hydrogens is 859 g/mol. The van der Waals surface area contributed by atoms with Crippen LogP contribution in [0, 0.1) is 0 Å². The summed E-state index contributed by atoms with van der Waals surface area (Å²) in [6.07, 6.45) is 9.52. The molecule has 66 heavy (non-hydrogen) atoms. The Morgan fingerprint density at radius 2 is 1.06 bits per heavy atom. The van der Waals surface area contributed by atoms with E-state index < -0.39 is 12.3 Å². The van der Waals surface area contributed by atoms with Crippen LogP contribution in [-0.2, 0) is 9.47 Å². The second-order valence-electron chi connectivity index (χ2n) is 17.0. The van der Waals surface area contributed by atoms with Crippen LogP contribution in [0.5, 0.6) is 0 Å². The van der Waals surface area contributed by atoms with Gasteiger partial charge < -0.3 is 50.5 Å². The van der Waals surface area contributed by atoms with Gasteiger partial charge in [0.2, 0.25) is 0 Å². The van der Waals surface area contributed by atoms with Gasteiger partial charge in [-0.3, -0.25) is 19.2 Å². The highest BCUT2D eigenvalue weighted by Gasteiger charge is 2.35. The third-order valence-electron chi connectivity index (χ3n) is 13.0. The van der Waals surface area contributed by atoms with Crippen LogP contribution in [0.1, 0.15) is 84.2 Å². The third-order valence-corrected chi connectivity index (χ3v) is 13.0. The number of alkyl halides is 2. The van der Waals surface area contributed by atoms with Crippen LogP contribution in [0.2, 0.25) is 0 Å². The van der Waals surface area contributed by atoms with Crippen molar-refractivity contribution in [1.82, 2.24) is 49.0 Å². The fourth-order valence-corrected chi connectivity index (χ4v) is 8.61. The molecule has 348 valence electrons. The predicted octanol–water partition coefficient (Wildman–Crippen LogP) is 4.51. The molecule has 0 aliphatic heterocycles. The van der Waals surface area contributed by atoms with Gasteiger partial charge in [-0.1, -0.05) is 0 Å². The van der Waals surface area contributed by atoms with Gasteiger partial charge in [-0.15, -0.1) is 0 Å². The maximum atomic E-state index is 13.3. The Hall–Kier alpha value is -6.94. The Morgan fingerprint density at radius 1 is 0.652 bits per heavy atom. The summed E-state index contributed by atoms with van der Waals surface area (Å²) < 4.78 is 43.5. The van der Waals surface area contributed by atoms with E-state index in [1.165, 1.54) is 21.4 Å². The first-order chi connectivity index (χ1) is 32.0. The van der Waals surface area contributed by atoms with Gasteiger partial charge in [-0.25, -0.2) is 18.7 Å². The van der Waals surface area contributed by atoms with Gasteiger partial charge in [0.15, 0.2) is 11.3 Å². The van der Waals surface area contributed by atoms with Crippen molar-refractivity contribution < 1.29 is 27.8 Å². The molecule has 6 N–H and O–H groups in total. The topological polar surface area (TPSA) is 229 Å². The van der Waals surface area contributed by atoms with Crippen molar-refractivity contribution in [2.45, 2.75) is 100 Å². The second kappa shape index (κ2) is 18.5. The number of ether oxygens (including phenoxy) is 2. The highest BCUT2D eigenvalue weighted by atomic mass is 19.1. The molecule has 22 heteroatoms. The summed E-state index contributed by atoms with van der Waals surface area (Å²) in [5.41, 5.74) is 1.50. The quantitative estimate of drug-likeness (QED) is 0.0884. The average Bonchev–Trinajstić information content (AvgIpc) is 3.91. The van der Waals surface area contributed by atoms with Gasteiger partial charge in [0, 0.05) is 64.9 Å². The van der Waals surface area contributed by atoms with Crippen molar-refractivity contribution >= 4 is 57.8 Å². The van der Waals surface area contributed by atoms with Crippen molar-refractivity contribution in [2.24, 2.45) is 0 Å². The number of nitrogens with one attached hydrogen (secondary N) is 6. The maximum Gasteiger partial charge on any atom is 0.274 e. The molecule has 4 aliphatic rings. The Morgan fingerprint density at radius 3 is 1.39 bits per heavy atom. The van der Waals surface area contributed by atoms with E-state index in [9.17, 15) is 28.0 Å². The summed E-state index contributed by atoms with van der Waals surface area (Å²) in [7, 11) is 6.74. The number of carbonyl (C=O) groups excluding carboxylic acids is 2. The number of methoxy groups -OCH3 is 2. The standard InChI is InChI=1S/2C22H26FN7O3/c2*1-24-19-10-18(26-16-4-3-7-29(22(16)32)13-8-12(23)9-13)28-20-14(11-25-30(19)20)21(31)27-15-5-6-17(15)33-2/h2*3-4,7,10-13,15,17,24H,5-6,8-9H2,1-2H3,(H,26,28)(H,27,31)/t2*12?,13?,15-,17-/m10/s1. The molecule has 6 aromatic heterocycles. The molecule has 0 radical (unpaired) electrons. The summed E-state index contributed by atoms with van der Waals surface area (Å²) in [5, 5.41) is 26.8. The number of halogens is 2. The first-order valence-corrected chi connectivity index (χ1v) is 22.0. The summed E-state index contributed by atoms with van der Waals surface area (Å²) in [4.78, 5) is 60.8. The predicted molar refractivity (Wildman–Crippen MR) is 242 cm³/mol. The van der Waals surface area contributed by atoms with E-state index in [0.29, 0.717) is 82.8 Å². The summed E-state index contributed by atoms with van der Waals surface area (Å²) >= 11 is 0. The molecule has 4 aliphatic carbocycles. The molecule has 0 saturated heterocycles. The van der Waals surface area contributed by atoms with Crippen LogP contribution < -0.4 is 43.0 Å². The number of anilines is 6. The van der Waals surface area contributed by atoms with E-state index in [0.717, 1.165) is 25.7 Å². The van der Waals surface area contributed by atoms with Crippen molar-refractivity contribution in [1.29, 1.82) is 0 Å². The van der Waals surface area contributed by atoms with Gasteiger partial charge in [0.05, 0.1) is 36.7 Å². The van der Waals surface area contributed by atoms with Crippen LogP contribution in [-0.4, -0.2) is 115 Å². The monoisotopic (exact) mass is 910 g/mol. The zero-order valence-electron chi connectivity index (χ0n) is 36.8. The number of carbonyl (C=O) groups is 2. The Balaban J connectivity index is 0.000000166. The van der Waals surface area contributed by atoms with Crippen LogP contribution in [0.15, 0.2) is 70.8 Å². The van der Waals surface area contributed by atoms with Crippen molar-refractivity contribution in [3.05, 3.63) is 93.0 Å². The Labute approximate surface area is 376 Å². The minimum absolute atomic E-state index is 0.0115. The third kappa shape index (κ3) is 8.52. The molecule has 4 fully saturated rings.